The van der Waals surface area contributed by atoms with E-state index in [9.17, 15) is 19.4 Å². The van der Waals surface area contributed by atoms with Crippen LogP contribution in [0.25, 0.3) is 0 Å². The summed E-state index contributed by atoms with van der Waals surface area (Å²) in [5, 5.41) is 21.9. The van der Waals surface area contributed by atoms with Crippen LogP contribution in [0.2, 0.25) is 0 Å². The topological polar surface area (TPSA) is 72.8 Å². The van der Waals surface area contributed by atoms with Crippen molar-refractivity contribution in [2.24, 2.45) is 0 Å². The Hall–Kier alpha value is -1.66. The van der Waals surface area contributed by atoms with E-state index in [2.05, 4.69) is 5.32 Å². The zero-order chi connectivity index (χ0) is 14.7. The lowest BCUT2D eigenvalue weighted by atomic mass is 10.1. The van der Waals surface area contributed by atoms with Crippen LogP contribution < -0.4 is 5.32 Å². The van der Waals surface area contributed by atoms with Crippen molar-refractivity contribution in [1.82, 2.24) is 4.90 Å². The number of carbonyl (C=O) groups excluding carboxylic acids is 1. The molecule has 1 saturated heterocycles. The largest absolute Gasteiger partial charge is 0.388 e. The van der Waals surface area contributed by atoms with Crippen molar-refractivity contribution in [2.75, 3.05) is 25.0 Å². The number of likely N-dealkylation sites (tertiary alicyclic amines) is 1. The van der Waals surface area contributed by atoms with Gasteiger partial charge >= 0.3 is 0 Å². The number of anilines is 1. The highest BCUT2D eigenvalue weighted by Gasteiger charge is 2.33. The third-order valence-electron chi connectivity index (χ3n) is 3.34. The number of rotatable bonds is 4. The van der Waals surface area contributed by atoms with Gasteiger partial charge in [-0.2, -0.15) is 0 Å². The van der Waals surface area contributed by atoms with Crippen LogP contribution in [0, 0.1) is 5.82 Å². The molecule has 1 heterocycles. The summed E-state index contributed by atoms with van der Waals surface area (Å²) >= 11 is 0. The second-order valence-corrected chi connectivity index (χ2v) is 4.93. The average molecular weight is 282 g/mol. The van der Waals surface area contributed by atoms with Crippen molar-refractivity contribution in [3.05, 3.63) is 29.6 Å². The summed E-state index contributed by atoms with van der Waals surface area (Å²) in [6.07, 6.45) is -1.08. The Morgan fingerprint density at radius 3 is 2.65 bits per heavy atom. The molecule has 1 aromatic carbocycles. The summed E-state index contributed by atoms with van der Waals surface area (Å²) < 4.78 is 13.8. The lowest BCUT2D eigenvalue weighted by molar-refractivity contribution is 0.0572. The second kappa shape index (κ2) is 6.19. The van der Waals surface area contributed by atoms with Crippen LogP contribution in [0.15, 0.2) is 18.2 Å². The molecule has 0 aromatic heterocycles. The number of β-amino-alcohol motifs (C(OH)–C–C–N with tert-alkyl or cyclic N) is 2. The van der Waals surface area contributed by atoms with Gasteiger partial charge in [-0.05, 0) is 18.6 Å². The molecule has 3 N–H and O–H groups in total. The van der Waals surface area contributed by atoms with Gasteiger partial charge in [-0.3, -0.25) is 4.79 Å². The van der Waals surface area contributed by atoms with Gasteiger partial charge in [-0.1, -0.05) is 13.0 Å². The molecule has 2 rings (SSSR count). The van der Waals surface area contributed by atoms with Crippen molar-refractivity contribution >= 4 is 11.6 Å². The van der Waals surface area contributed by atoms with Crippen LogP contribution in [0.5, 0.6) is 0 Å². The van der Waals surface area contributed by atoms with Gasteiger partial charge in [0.2, 0.25) is 0 Å². The highest BCUT2D eigenvalue weighted by Crippen LogP contribution is 2.23. The number of aliphatic hydroxyl groups excluding tert-OH is 2. The molecule has 2 atom stereocenters. The predicted molar refractivity (Wildman–Crippen MR) is 73.1 cm³/mol. The first-order valence-corrected chi connectivity index (χ1v) is 6.72. The highest BCUT2D eigenvalue weighted by molar-refractivity contribution is 6.00. The number of halogens is 1. The van der Waals surface area contributed by atoms with Crippen LogP contribution in [0.3, 0.4) is 0 Å². The van der Waals surface area contributed by atoms with E-state index < -0.39 is 23.9 Å². The van der Waals surface area contributed by atoms with Gasteiger partial charge in [0.15, 0.2) is 0 Å². The van der Waals surface area contributed by atoms with Gasteiger partial charge < -0.3 is 20.4 Å². The second-order valence-electron chi connectivity index (χ2n) is 4.93. The Morgan fingerprint density at radius 1 is 1.40 bits per heavy atom. The van der Waals surface area contributed by atoms with Gasteiger partial charge in [0.25, 0.3) is 5.91 Å². The maximum atomic E-state index is 13.8. The first-order valence-electron chi connectivity index (χ1n) is 6.72. The Bertz CT molecular complexity index is 485. The molecule has 1 aromatic rings. The number of aliphatic hydroxyl groups is 2. The minimum absolute atomic E-state index is 0.0593. The van der Waals surface area contributed by atoms with Crippen LogP contribution >= 0.6 is 0 Å². The Labute approximate surface area is 117 Å². The molecule has 0 bridgehead atoms. The van der Waals surface area contributed by atoms with Crippen LogP contribution in [-0.4, -0.2) is 52.9 Å². The normalized spacial score (nSPS) is 22.1. The number of hydrogen-bond donors (Lipinski definition) is 3. The number of carbonyl (C=O) groups is 1. The van der Waals surface area contributed by atoms with Crippen molar-refractivity contribution in [2.45, 2.75) is 25.6 Å². The van der Waals surface area contributed by atoms with Gasteiger partial charge in [0.05, 0.1) is 23.5 Å². The van der Waals surface area contributed by atoms with E-state index in [1.54, 1.807) is 6.07 Å². The number of nitrogens with zero attached hydrogens (tertiary/aromatic N) is 1. The number of amides is 1. The third kappa shape index (κ3) is 2.91. The number of para-hydroxylation sites is 1. The summed E-state index contributed by atoms with van der Waals surface area (Å²) in [4.78, 5) is 13.7. The monoisotopic (exact) mass is 282 g/mol. The van der Waals surface area contributed by atoms with E-state index in [0.717, 1.165) is 6.42 Å². The molecule has 0 aliphatic carbocycles. The lowest BCUT2D eigenvalue weighted by Gasteiger charge is -2.18. The number of hydrogen-bond acceptors (Lipinski definition) is 4. The fourth-order valence-corrected chi connectivity index (χ4v) is 2.24. The molecule has 6 heteroatoms. The van der Waals surface area contributed by atoms with Crippen molar-refractivity contribution < 1.29 is 19.4 Å². The predicted octanol–water partition coefficient (Wildman–Crippen LogP) is 0.825. The molecule has 0 spiro atoms. The molecule has 110 valence electrons. The smallest absolute Gasteiger partial charge is 0.256 e. The zero-order valence-corrected chi connectivity index (χ0v) is 11.3. The molecule has 2 unspecified atom stereocenters. The van der Waals surface area contributed by atoms with Gasteiger partial charge in [-0.25, -0.2) is 4.39 Å². The summed E-state index contributed by atoms with van der Waals surface area (Å²) in [5.41, 5.74) is 0.398. The van der Waals surface area contributed by atoms with Crippen molar-refractivity contribution in [3.63, 3.8) is 0 Å². The molecule has 0 saturated carbocycles. The van der Waals surface area contributed by atoms with E-state index in [-0.39, 0.29) is 24.3 Å². The summed E-state index contributed by atoms with van der Waals surface area (Å²) in [6, 6.07) is 4.31. The van der Waals surface area contributed by atoms with E-state index in [1.165, 1.54) is 17.0 Å². The molecule has 1 aliphatic heterocycles. The fraction of sp³-hybridized carbons (Fsp3) is 0.500. The molecule has 1 aliphatic rings. The SMILES string of the molecule is CCCNc1c(F)cccc1C(=O)N1CC(O)C(O)C1. The number of benzene rings is 1. The van der Waals surface area contributed by atoms with Gasteiger partial charge in [0, 0.05) is 19.6 Å². The van der Waals surface area contributed by atoms with E-state index in [4.69, 9.17) is 0 Å². The molecular formula is C14H19FN2O3. The molecule has 20 heavy (non-hydrogen) atoms. The Balaban J connectivity index is 2.23. The summed E-state index contributed by atoms with van der Waals surface area (Å²) in [5.74, 6) is -0.872. The van der Waals surface area contributed by atoms with Crippen LogP contribution in [-0.2, 0) is 0 Å². The molecule has 5 nitrogen and oxygen atoms in total. The average Bonchev–Trinajstić information content (AvgIpc) is 2.76. The van der Waals surface area contributed by atoms with Crippen LogP contribution in [0.4, 0.5) is 10.1 Å². The number of nitrogens with one attached hydrogen (secondary N) is 1. The van der Waals surface area contributed by atoms with Crippen LogP contribution in [0.1, 0.15) is 23.7 Å². The molecule has 0 radical (unpaired) electrons. The summed E-state index contributed by atoms with van der Waals surface area (Å²) in [6.45, 7) is 2.63. The first kappa shape index (κ1) is 14.7. The van der Waals surface area contributed by atoms with Crippen molar-refractivity contribution in [1.29, 1.82) is 0 Å². The van der Waals surface area contributed by atoms with Gasteiger partial charge in [-0.15, -0.1) is 0 Å². The molecular weight excluding hydrogens is 263 g/mol. The maximum absolute atomic E-state index is 13.8. The Morgan fingerprint density at radius 2 is 2.05 bits per heavy atom. The molecule has 1 amide bonds. The van der Waals surface area contributed by atoms with E-state index >= 15 is 0 Å². The minimum atomic E-state index is -0.945. The minimum Gasteiger partial charge on any atom is -0.388 e. The van der Waals surface area contributed by atoms with Crippen molar-refractivity contribution in [3.8, 4) is 0 Å². The maximum Gasteiger partial charge on any atom is 0.256 e. The zero-order valence-electron chi connectivity index (χ0n) is 11.3. The quantitative estimate of drug-likeness (QED) is 0.764. The third-order valence-corrected chi connectivity index (χ3v) is 3.34. The van der Waals surface area contributed by atoms with E-state index in [1.807, 2.05) is 6.92 Å². The fourth-order valence-electron chi connectivity index (χ4n) is 2.24. The highest BCUT2D eigenvalue weighted by atomic mass is 19.1. The lowest BCUT2D eigenvalue weighted by Crippen LogP contribution is -2.30. The Kier molecular flexibility index (Phi) is 4.57. The standard InChI is InChI=1S/C14H19FN2O3/c1-2-6-16-13-9(4-3-5-10(13)15)14(20)17-7-11(18)12(19)8-17/h3-5,11-12,16,18-19H,2,6-8H2,1H3. The first-order chi connectivity index (χ1) is 9.54. The van der Waals surface area contributed by atoms with Gasteiger partial charge in [0.1, 0.15) is 5.82 Å². The summed E-state index contributed by atoms with van der Waals surface area (Å²) in [7, 11) is 0. The van der Waals surface area contributed by atoms with E-state index in [0.29, 0.717) is 6.54 Å². The molecule has 1 fully saturated rings.